The van der Waals surface area contributed by atoms with Gasteiger partial charge in [-0.05, 0) is 55.9 Å². The van der Waals surface area contributed by atoms with Crippen LogP contribution in [0.4, 0.5) is 5.69 Å². The molecule has 7 heteroatoms. The van der Waals surface area contributed by atoms with Crippen LogP contribution in [0.1, 0.15) is 25.5 Å². The molecule has 3 rings (SSSR count). The minimum Gasteiger partial charge on any atom is -0.497 e. The minimum absolute atomic E-state index is 0.277. The Hall–Kier alpha value is -3.06. The number of methoxy groups -OCH3 is 2. The first-order valence-corrected chi connectivity index (χ1v) is 9.68. The molecule has 0 aromatic heterocycles. The lowest BCUT2D eigenvalue weighted by atomic mass is 9.94. The Kier molecular flexibility index (Phi) is 6.39. The molecule has 0 saturated carbocycles. The van der Waals surface area contributed by atoms with E-state index in [4.69, 9.17) is 26.4 Å². The Labute approximate surface area is 176 Å². The Morgan fingerprint density at radius 1 is 1.14 bits per heavy atom. The van der Waals surface area contributed by atoms with Crippen molar-refractivity contribution >= 4 is 29.0 Å². The van der Waals surface area contributed by atoms with Crippen molar-refractivity contribution < 1.29 is 19.0 Å². The van der Waals surface area contributed by atoms with Crippen molar-refractivity contribution in [3.05, 3.63) is 65.4 Å². The maximum atomic E-state index is 12.9. The molecule has 1 atom stereocenters. The summed E-state index contributed by atoms with van der Waals surface area (Å²) in [6, 6.07) is 14.6. The normalized spacial score (nSPS) is 16.3. The van der Waals surface area contributed by atoms with Gasteiger partial charge >= 0.3 is 5.97 Å². The molecule has 1 aliphatic heterocycles. The number of benzene rings is 2. The van der Waals surface area contributed by atoms with Gasteiger partial charge in [-0.2, -0.15) is 0 Å². The van der Waals surface area contributed by atoms with Gasteiger partial charge in [0, 0.05) is 5.70 Å². The van der Waals surface area contributed by atoms with Crippen LogP contribution < -0.4 is 19.7 Å². The van der Waals surface area contributed by atoms with E-state index in [0.717, 1.165) is 11.3 Å². The van der Waals surface area contributed by atoms with Crippen LogP contribution in [0.2, 0.25) is 0 Å². The second kappa shape index (κ2) is 8.96. The van der Waals surface area contributed by atoms with Crippen LogP contribution in [0, 0.1) is 0 Å². The number of hydrogen-bond donors (Lipinski definition) is 1. The van der Waals surface area contributed by atoms with Crippen LogP contribution in [0.3, 0.4) is 0 Å². The van der Waals surface area contributed by atoms with Gasteiger partial charge in [0.15, 0.2) is 5.11 Å². The van der Waals surface area contributed by atoms with Crippen LogP contribution in [0.15, 0.2) is 59.8 Å². The number of hydrogen-bond acceptors (Lipinski definition) is 5. The summed E-state index contributed by atoms with van der Waals surface area (Å²) < 4.78 is 16.2. The number of para-hydroxylation sites is 2. The van der Waals surface area contributed by atoms with Gasteiger partial charge in [0.25, 0.3) is 0 Å². The molecule has 1 unspecified atom stereocenters. The van der Waals surface area contributed by atoms with Crippen molar-refractivity contribution in [2.24, 2.45) is 0 Å². The number of esters is 1. The number of nitrogens with one attached hydrogen (secondary N) is 1. The van der Waals surface area contributed by atoms with Gasteiger partial charge in [0.2, 0.25) is 0 Å². The van der Waals surface area contributed by atoms with E-state index in [1.165, 1.54) is 0 Å². The van der Waals surface area contributed by atoms with Gasteiger partial charge in [0.05, 0.1) is 38.1 Å². The van der Waals surface area contributed by atoms with Crippen LogP contribution in [0.25, 0.3) is 0 Å². The largest absolute Gasteiger partial charge is 0.497 e. The Morgan fingerprint density at radius 3 is 2.59 bits per heavy atom. The molecule has 0 aliphatic carbocycles. The van der Waals surface area contributed by atoms with Crippen molar-refractivity contribution in [1.82, 2.24) is 5.32 Å². The monoisotopic (exact) mass is 412 g/mol. The predicted octanol–water partition coefficient (Wildman–Crippen LogP) is 3.98. The fourth-order valence-electron chi connectivity index (χ4n) is 3.39. The first kappa shape index (κ1) is 20.7. The molecule has 0 bridgehead atoms. The summed E-state index contributed by atoms with van der Waals surface area (Å²) in [5.41, 5.74) is 2.77. The summed E-state index contributed by atoms with van der Waals surface area (Å²) in [6.45, 7) is 3.92. The van der Waals surface area contributed by atoms with Gasteiger partial charge < -0.3 is 19.5 Å². The highest BCUT2D eigenvalue weighted by Crippen LogP contribution is 2.38. The molecule has 1 aliphatic rings. The number of anilines is 1. The predicted molar refractivity (Wildman–Crippen MR) is 116 cm³/mol. The average Bonchev–Trinajstić information content (AvgIpc) is 2.73. The molecular weight excluding hydrogens is 388 g/mol. The van der Waals surface area contributed by atoms with E-state index < -0.39 is 12.0 Å². The first-order chi connectivity index (χ1) is 14.0. The fourth-order valence-corrected chi connectivity index (χ4v) is 3.75. The van der Waals surface area contributed by atoms with Gasteiger partial charge in [-0.3, -0.25) is 4.90 Å². The topological polar surface area (TPSA) is 60.0 Å². The van der Waals surface area contributed by atoms with E-state index in [1.807, 2.05) is 55.5 Å². The lowest BCUT2D eigenvalue weighted by molar-refractivity contribution is -0.139. The third-order valence-electron chi connectivity index (χ3n) is 4.73. The molecule has 2 aromatic rings. The molecule has 0 radical (unpaired) electrons. The van der Waals surface area contributed by atoms with Crippen molar-refractivity contribution in [1.29, 1.82) is 0 Å². The molecule has 6 nitrogen and oxygen atoms in total. The number of rotatable bonds is 6. The highest BCUT2D eigenvalue weighted by Gasteiger charge is 2.36. The number of ether oxygens (including phenoxy) is 3. The van der Waals surface area contributed by atoms with E-state index in [9.17, 15) is 4.79 Å². The zero-order valence-electron chi connectivity index (χ0n) is 16.9. The summed E-state index contributed by atoms with van der Waals surface area (Å²) >= 11 is 5.68. The second-order valence-corrected chi connectivity index (χ2v) is 6.77. The number of nitrogens with zero attached hydrogens (tertiary/aromatic N) is 1. The lowest BCUT2D eigenvalue weighted by Gasteiger charge is -2.38. The highest BCUT2D eigenvalue weighted by atomic mass is 32.1. The Balaban J connectivity index is 2.16. The fraction of sp³-hybridized carbons (Fsp3) is 0.273. The van der Waals surface area contributed by atoms with E-state index >= 15 is 0 Å². The molecule has 0 amide bonds. The van der Waals surface area contributed by atoms with Gasteiger partial charge in [-0.1, -0.05) is 24.3 Å². The van der Waals surface area contributed by atoms with Crippen LogP contribution >= 0.6 is 12.2 Å². The van der Waals surface area contributed by atoms with Gasteiger partial charge in [-0.15, -0.1) is 0 Å². The van der Waals surface area contributed by atoms with Crippen LogP contribution in [0.5, 0.6) is 11.5 Å². The van der Waals surface area contributed by atoms with E-state index in [2.05, 4.69) is 5.32 Å². The molecule has 2 aromatic carbocycles. The van der Waals surface area contributed by atoms with E-state index in [1.54, 1.807) is 26.0 Å². The number of carbonyl (C=O) groups is 1. The summed E-state index contributed by atoms with van der Waals surface area (Å²) in [5, 5.41) is 3.76. The summed E-state index contributed by atoms with van der Waals surface area (Å²) in [6.07, 6.45) is 0. The SMILES string of the molecule is CCOC(=O)C1=C(C)N(c2ccccc2OC)C(=S)NC1c1cccc(OC)c1. The molecule has 1 heterocycles. The number of thiocarbonyl (C=S) groups is 1. The van der Waals surface area contributed by atoms with Crippen LogP contribution in [-0.4, -0.2) is 31.9 Å². The Morgan fingerprint density at radius 2 is 1.90 bits per heavy atom. The van der Waals surface area contributed by atoms with E-state index in [-0.39, 0.29) is 6.61 Å². The van der Waals surface area contributed by atoms with Crippen LogP contribution in [-0.2, 0) is 9.53 Å². The second-order valence-electron chi connectivity index (χ2n) is 6.39. The van der Waals surface area contributed by atoms with Crippen molar-refractivity contribution in [3.8, 4) is 11.5 Å². The molecule has 0 saturated heterocycles. The lowest BCUT2D eigenvalue weighted by Crippen LogP contribution is -2.48. The van der Waals surface area contributed by atoms with E-state index in [0.29, 0.717) is 27.9 Å². The maximum Gasteiger partial charge on any atom is 0.338 e. The molecule has 0 spiro atoms. The highest BCUT2D eigenvalue weighted by molar-refractivity contribution is 7.80. The van der Waals surface area contributed by atoms with Crippen molar-refractivity contribution in [2.75, 3.05) is 25.7 Å². The number of allylic oxidation sites excluding steroid dienone is 1. The number of carbonyl (C=O) groups excluding carboxylic acids is 1. The van der Waals surface area contributed by atoms with Gasteiger partial charge in [-0.25, -0.2) is 4.79 Å². The molecule has 29 heavy (non-hydrogen) atoms. The molecular formula is C22H24N2O4S. The standard InChI is InChI=1S/C22H24N2O4S/c1-5-28-21(25)19-14(2)24(17-11-6-7-12-18(17)27-4)22(29)23-20(19)15-9-8-10-16(13-15)26-3/h6-13,20H,5H2,1-4H3,(H,23,29). The van der Waals surface area contributed by atoms with Crippen molar-refractivity contribution in [3.63, 3.8) is 0 Å². The summed E-state index contributed by atoms with van der Waals surface area (Å²) in [7, 11) is 3.21. The quantitative estimate of drug-likeness (QED) is 0.569. The zero-order chi connectivity index (χ0) is 21.0. The summed E-state index contributed by atoms with van der Waals surface area (Å²) in [5.74, 6) is 0.954. The Bertz CT molecular complexity index is 957. The molecule has 152 valence electrons. The zero-order valence-corrected chi connectivity index (χ0v) is 17.7. The summed E-state index contributed by atoms with van der Waals surface area (Å²) in [4.78, 5) is 14.7. The third-order valence-corrected chi connectivity index (χ3v) is 5.03. The third kappa shape index (κ3) is 4.05. The van der Waals surface area contributed by atoms with Crippen molar-refractivity contribution in [2.45, 2.75) is 19.9 Å². The molecule has 0 fully saturated rings. The smallest absolute Gasteiger partial charge is 0.338 e. The average molecular weight is 413 g/mol. The molecule has 1 N–H and O–H groups in total. The first-order valence-electron chi connectivity index (χ1n) is 9.27. The maximum absolute atomic E-state index is 12.9. The van der Waals surface area contributed by atoms with Gasteiger partial charge in [0.1, 0.15) is 11.5 Å². The minimum atomic E-state index is -0.456.